The van der Waals surface area contributed by atoms with Crippen LogP contribution in [0.25, 0.3) is 0 Å². The quantitative estimate of drug-likeness (QED) is 0.404. The number of hydrogen-bond donors (Lipinski definition) is 1. The molecule has 0 aromatic heterocycles. The number of carbonyl (C=O) groups excluding carboxylic acids is 1. The minimum Gasteiger partial charge on any atom is -1.00 e. The van der Waals surface area contributed by atoms with Gasteiger partial charge in [-0.05, 0) is 0 Å². The van der Waals surface area contributed by atoms with E-state index in [1.807, 2.05) is 0 Å². The van der Waals surface area contributed by atoms with Crippen LogP contribution in [0.3, 0.4) is 0 Å². The first-order valence-electron chi connectivity index (χ1n) is 2.21. The predicted octanol–water partition coefficient (Wildman–Crippen LogP) is -5.58. The molecule has 54 valence electrons. The number of aliphatic hydroxyl groups is 1. The summed E-state index contributed by atoms with van der Waals surface area (Å²) < 4.78 is 0. The van der Waals surface area contributed by atoms with Crippen LogP contribution in [-0.2, 0) is 4.79 Å². The molecule has 0 saturated carbocycles. The van der Waals surface area contributed by atoms with E-state index < -0.39 is 0 Å². The second-order valence-corrected chi connectivity index (χ2v) is 1.60. The molecular formula is C5H6CaCl2O2. The zero-order valence-corrected chi connectivity index (χ0v) is 9.03. The smallest absolute Gasteiger partial charge is 1.00 e. The zero-order chi connectivity index (χ0) is 5.28. The minimum atomic E-state index is 0. The number of ketones is 1. The maximum atomic E-state index is 10.2. The monoisotopic (exact) mass is 208 g/mol. The molecule has 0 spiro atoms. The second-order valence-electron chi connectivity index (χ2n) is 1.60. The Morgan fingerprint density at radius 2 is 1.80 bits per heavy atom. The van der Waals surface area contributed by atoms with Gasteiger partial charge in [-0.2, -0.15) is 0 Å². The summed E-state index contributed by atoms with van der Waals surface area (Å²) in [5.41, 5.74) is 0. The molecule has 0 saturated heterocycles. The van der Waals surface area contributed by atoms with E-state index in [0.717, 1.165) is 0 Å². The van der Waals surface area contributed by atoms with E-state index in [0.29, 0.717) is 12.8 Å². The molecule has 0 fully saturated rings. The number of allylic oxidation sites excluding steroid dienone is 2. The fraction of sp³-hybridized carbons (Fsp3) is 0.400. The number of halogens is 2. The Labute approximate surface area is 102 Å². The largest absolute Gasteiger partial charge is 2.00 e. The van der Waals surface area contributed by atoms with Crippen molar-refractivity contribution in [3.63, 3.8) is 0 Å². The van der Waals surface area contributed by atoms with Gasteiger partial charge in [0, 0.05) is 18.9 Å². The molecule has 0 radical (unpaired) electrons. The summed E-state index contributed by atoms with van der Waals surface area (Å²) in [5.74, 6) is 0.266. The van der Waals surface area contributed by atoms with Crippen molar-refractivity contribution in [2.24, 2.45) is 0 Å². The first kappa shape index (κ1) is 17.2. The van der Waals surface area contributed by atoms with Gasteiger partial charge >= 0.3 is 37.7 Å². The maximum Gasteiger partial charge on any atom is 2.00 e. The van der Waals surface area contributed by atoms with Gasteiger partial charge in [-0.3, -0.25) is 4.79 Å². The van der Waals surface area contributed by atoms with E-state index in [4.69, 9.17) is 5.11 Å². The number of rotatable bonds is 0. The number of hydrogen-bond acceptors (Lipinski definition) is 2. The van der Waals surface area contributed by atoms with Crippen molar-refractivity contribution < 1.29 is 34.7 Å². The summed E-state index contributed by atoms with van der Waals surface area (Å²) in [5, 5.41) is 8.54. The molecule has 1 aliphatic rings. The third-order valence-electron chi connectivity index (χ3n) is 0.955. The molecule has 1 N–H and O–H groups in total. The average molecular weight is 209 g/mol. The molecule has 0 unspecified atom stereocenters. The molecule has 1 rings (SSSR count). The summed E-state index contributed by atoms with van der Waals surface area (Å²) in [6.45, 7) is 0. The van der Waals surface area contributed by atoms with E-state index in [-0.39, 0.29) is 74.1 Å². The number of aliphatic hydroxyl groups excluding tert-OH is 1. The van der Waals surface area contributed by atoms with Crippen LogP contribution in [0, 0.1) is 0 Å². The summed E-state index contributed by atoms with van der Waals surface area (Å²) in [7, 11) is 0. The van der Waals surface area contributed by atoms with Crippen LogP contribution in [0.4, 0.5) is 0 Å². The van der Waals surface area contributed by atoms with Crippen molar-refractivity contribution in [3.05, 3.63) is 11.8 Å². The first-order valence-corrected chi connectivity index (χ1v) is 2.21. The zero-order valence-electron chi connectivity index (χ0n) is 5.31. The van der Waals surface area contributed by atoms with E-state index in [1.54, 1.807) is 0 Å². The molecule has 0 atom stereocenters. The van der Waals surface area contributed by atoms with Crippen LogP contribution < -0.4 is 24.8 Å². The van der Waals surface area contributed by atoms with Gasteiger partial charge in [-0.15, -0.1) is 0 Å². The molecule has 0 aliphatic heterocycles. The van der Waals surface area contributed by atoms with Crippen molar-refractivity contribution >= 4 is 43.5 Å². The third kappa shape index (κ3) is 5.81. The summed E-state index contributed by atoms with van der Waals surface area (Å²) >= 11 is 0. The summed E-state index contributed by atoms with van der Waals surface area (Å²) in [6.07, 6.45) is 2.31. The summed E-state index contributed by atoms with van der Waals surface area (Å²) in [4.78, 5) is 10.2. The van der Waals surface area contributed by atoms with Gasteiger partial charge in [0.25, 0.3) is 0 Å². The standard InChI is InChI=1S/C5H6O2.Ca.2ClH/c6-4-1-2-5(7)3-4;;;/h3,6H,1-2H2;;2*1H/q;+2;;/p-2. The van der Waals surface area contributed by atoms with Gasteiger partial charge in [0.2, 0.25) is 0 Å². The van der Waals surface area contributed by atoms with Gasteiger partial charge in [-0.25, -0.2) is 0 Å². The molecule has 0 aromatic rings. The van der Waals surface area contributed by atoms with Gasteiger partial charge in [0.1, 0.15) is 0 Å². The topological polar surface area (TPSA) is 37.3 Å². The van der Waals surface area contributed by atoms with Crippen LogP contribution in [0.15, 0.2) is 11.8 Å². The van der Waals surface area contributed by atoms with Gasteiger partial charge in [0.05, 0.1) is 5.76 Å². The maximum absolute atomic E-state index is 10.2. The Morgan fingerprint density at radius 3 is 1.90 bits per heavy atom. The van der Waals surface area contributed by atoms with Gasteiger partial charge in [-0.1, -0.05) is 0 Å². The van der Waals surface area contributed by atoms with Crippen molar-refractivity contribution in [1.29, 1.82) is 0 Å². The summed E-state index contributed by atoms with van der Waals surface area (Å²) in [6, 6.07) is 0. The second kappa shape index (κ2) is 8.15. The van der Waals surface area contributed by atoms with E-state index in [2.05, 4.69) is 0 Å². The van der Waals surface area contributed by atoms with Crippen molar-refractivity contribution in [2.75, 3.05) is 0 Å². The predicted molar refractivity (Wildman–Crippen MR) is 30.7 cm³/mol. The fourth-order valence-corrected chi connectivity index (χ4v) is 0.581. The van der Waals surface area contributed by atoms with E-state index in [9.17, 15) is 4.79 Å². The number of carbonyl (C=O) groups is 1. The fourth-order valence-electron chi connectivity index (χ4n) is 0.581. The Hall–Kier alpha value is 1.05. The third-order valence-corrected chi connectivity index (χ3v) is 0.955. The molecular weight excluding hydrogens is 203 g/mol. The molecule has 0 heterocycles. The van der Waals surface area contributed by atoms with Crippen LogP contribution in [0.5, 0.6) is 0 Å². The Balaban J connectivity index is -0.000000163. The van der Waals surface area contributed by atoms with Crippen LogP contribution in [0.1, 0.15) is 12.8 Å². The van der Waals surface area contributed by atoms with E-state index in [1.165, 1.54) is 6.08 Å². The van der Waals surface area contributed by atoms with E-state index >= 15 is 0 Å². The van der Waals surface area contributed by atoms with Gasteiger partial charge < -0.3 is 29.9 Å². The Morgan fingerprint density at radius 1 is 1.30 bits per heavy atom. The molecule has 1 aliphatic carbocycles. The molecule has 10 heavy (non-hydrogen) atoms. The van der Waals surface area contributed by atoms with Crippen molar-refractivity contribution in [1.82, 2.24) is 0 Å². The van der Waals surface area contributed by atoms with Crippen molar-refractivity contribution in [3.8, 4) is 0 Å². The van der Waals surface area contributed by atoms with Crippen molar-refractivity contribution in [2.45, 2.75) is 12.8 Å². The first-order chi connectivity index (χ1) is 3.29. The van der Waals surface area contributed by atoms with Crippen LogP contribution >= 0.6 is 0 Å². The van der Waals surface area contributed by atoms with Crippen LogP contribution in [0.2, 0.25) is 0 Å². The molecule has 0 amide bonds. The van der Waals surface area contributed by atoms with Gasteiger partial charge in [0.15, 0.2) is 5.78 Å². The molecule has 0 bridgehead atoms. The SMILES string of the molecule is O=C1C=C(O)CC1.[Ca+2].[Cl-].[Cl-]. The molecule has 2 nitrogen and oxygen atoms in total. The van der Waals surface area contributed by atoms with Crippen LogP contribution in [-0.4, -0.2) is 48.6 Å². The normalized spacial score (nSPS) is 14.0. The minimum absolute atomic E-state index is 0. The molecule has 5 heteroatoms. The molecule has 0 aromatic carbocycles. The average Bonchev–Trinajstić information content (AvgIpc) is 1.87. The Kier molecular flexibility index (Phi) is 14.0. The Bertz CT molecular complexity index is 136.